The fraction of sp³-hybridized carbons (Fsp3) is 0. The lowest BCUT2D eigenvalue weighted by Gasteiger charge is -2.20. The smallest absolute Gasteiger partial charge is 0.295 e. The molecule has 0 saturated heterocycles. The molecule has 0 amide bonds. The number of phenolic OH excluding ortho intramolecular Hbond substituents is 1. The van der Waals surface area contributed by atoms with E-state index >= 15 is 0 Å². The van der Waals surface area contributed by atoms with Crippen molar-refractivity contribution in [2.75, 3.05) is 10.9 Å². The standard InChI is InChI=1S/C20H15N3O7S/c24-17-10-18(31(28,29)30)15-9-12(23(26)27)6-7-14(15)19(17)22-21-16-8-5-11-3-1-2-4-13(11)20(16)25/h1-10,21-22,24-25H,(H,28,29,30)/p-1. The van der Waals surface area contributed by atoms with Crippen LogP contribution in [0.25, 0.3) is 21.5 Å². The molecule has 0 radical (unpaired) electrons. The van der Waals surface area contributed by atoms with Crippen LogP contribution < -0.4 is 16.0 Å². The number of hydrogen-bond donors (Lipinski definition) is 4. The Bertz CT molecular complexity index is 1470. The zero-order valence-corrected chi connectivity index (χ0v) is 16.4. The summed E-state index contributed by atoms with van der Waals surface area (Å²) in [5, 5.41) is 35.2. The Balaban J connectivity index is 1.82. The lowest BCUT2D eigenvalue weighted by atomic mass is 10.1. The molecule has 0 atom stereocenters. The number of nitro groups is 1. The first kappa shape index (κ1) is 20.2. The van der Waals surface area contributed by atoms with E-state index in [9.17, 15) is 33.3 Å². The van der Waals surface area contributed by atoms with Gasteiger partial charge in [0.05, 0.1) is 4.92 Å². The van der Waals surface area contributed by atoms with Crippen LogP contribution >= 0.6 is 0 Å². The molecule has 0 fully saturated rings. The third-order valence-electron chi connectivity index (χ3n) is 4.75. The van der Waals surface area contributed by atoms with Gasteiger partial charge in [-0.05, 0) is 22.9 Å². The molecule has 0 heterocycles. The van der Waals surface area contributed by atoms with Crippen molar-refractivity contribution >= 4 is 48.7 Å². The maximum absolute atomic E-state index is 12.7. The molecule has 4 N–H and O–H groups in total. The molecule has 0 spiro atoms. The first-order chi connectivity index (χ1) is 14.7. The van der Waals surface area contributed by atoms with Crippen molar-refractivity contribution in [3.8, 4) is 11.5 Å². The van der Waals surface area contributed by atoms with Crippen LogP contribution in [-0.2, 0) is 10.1 Å². The van der Waals surface area contributed by atoms with E-state index in [-0.39, 0.29) is 27.9 Å². The van der Waals surface area contributed by atoms with E-state index in [1.807, 2.05) is 0 Å². The highest BCUT2D eigenvalue weighted by atomic mass is 32.2. The second kappa shape index (κ2) is 7.31. The molecule has 0 aromatic heterocycles. The van der Waals surface area contributed by atoms with Crippen molar-refractivity contribution in [1.82, 2.24) is 0 Å². The van der Waals surface area contributed by atoms with Crippen molar-refractivity contribution in [1.29, 1.82) is 0 Å². The number of rotatable bonds is 5. The molecule has 4 aromatic carbocycles. The second-order valence-corrected chi connectivity index (χ2v) is 8.03. The largest absolute Gasteiger partial charge is 0.871 e. The summed E-state index contributed by atoms with van der Waals surface area (Å²) in [5.41, 5.74) is 5.06. The Kier molecular flexibility index (Phi) is 4.76. The van der Waals surface area contributed by atoms with Crippen LogP contribution in [0.15, 0.2) is 65.6 Å². The molecule has 4 rings (SSSR count). The van der Waals surface area contributed by atoms with E-state index in [1.54, 1.807) is 30.3 Å². The number of non-ortho nitro benzene ring substituents is 1. The highest BCUT2D eigenvalue weighted by Gasteiger charge is 2.22. The Morgan fingerprint density at radius 1 is 0.903 bits per heavy atom. The molecule has 10 nitrogen and oxygen atoms in total. The number of nitro benzene ring substituents is 1. The van der Waals surface area contributed by atoms with Gasteiger partial charge in [-0.25, -0.2) is 0 Å². The average Bonchev–Trinajstić information content (AvgIpc) is 2.73. The van der Waals surface area contributed by atoms with Crippen LogP contribution in [0.1, 0.15) is 0 Å². The minimum absolute atomic E-state index is 0.0372. The normalized spacial score (nSPS) is 11.5. The van der Waals surface area contributed by atoms with Crippen molar-refractivity contribution in [2.45, 2.75) is 4.90 Å². The van der Waals surface area contributed by atoms with Crippen molar-refractivity contribution in [3.05, 3.63) is 70.8 Å². The predicted molar refractivity (Wildman–Crippen MR) is 113 cm³/mol. The maximum Gasteiger partial charge on any atom is 0.295 e. The van der Waals surface area contributed by atoms with Gasteiger partial charge in [-0.1, -0.05) is 36.1 Å². The number of anilines is 2. The van der Waals surface area contributed by atoms with Gasteiger partial charge in [0, 0.05) is 34.7 Å². The molecule has 0 bridgehead atoms. The van der Waals surface area contributed by atoms with E-state index in [1.165, 1.54) is 12.1 Å². The molecular formula is C20H14N3O7S-. The van der Waals surface area contributed by atoms with Gasteiger partial charge in [0.25, 0.3) is 15.8 Å². The Morgan fingerprint density at radius 3 is 2.35 bits per heavy atom. The second-order valence-electron chi connectivity index (χ2n) is 6.64. The highest BCUT2D eigenvalue weighted by molar-refractivity contribution is 7.86. The van der Waals surface area contributed by atoms with Gasteiger partial charge in [0.1, 0.15) is 16.3 Å². The Morgan fingerprint density at radius 2 is 1.65 bits per heavy atom. The topological polar surface area (TPSA) is 165 Å². The Hall–Kier alpha value is -4.09. The average molecular weight is 440 g/mol. The SMILES string of the molecule is O=[N+]([O-])c1ccc2c(NNc3ccc4ccccc4c3[O-])c(O)cc(S(=O)(=O)O)c2c1. The number of hydrazine groups is 1. The van der Waals surface area contributed by atoms with Crippen molar-refractivity contribution < 1.29 is 28.1 Å². The van der Waals surface area contributed by atoms with Crippen molar-refractivity contribution in [2.24, 2.45) is 0 Å². The predicted octanol–water partition coefficient (Wildman–Crippen LogP) is 3.37. The Labute approximate surface area is 175 Å². The van der Waals surface area contributed by atoms with Gasteiger partial charge in [-0.2, -0.15) is 8.42 Å². The van der Waals surface area contributed by atoms with E-state index < -0.39 is 31.4 Å². The van der Waals surface area contributed by atoms with Crippen LogP contribution in [0.4, 0.5) is 17.1 Å². The molecule has 11 heteroatoms. The quantitative estimate of drug-likeness (QED) is 0.157. The molecular weight excluding hydrogens is 426 g/mol. The van der Waals surface area contributed by atoms with Crippen LogP contribution in [0.2, 0.25) is 0 Å². The van der Waals surface area contributed by atoms with Crippen LogP contribution in [0.5, 0.6) is 11.5 Å². The number of fused-ring (bicyclic) bond motifs is 2. The fourth-order valence-corrected chi connectivity index (χ4v) is 4.00. The monoisotopic (exact) mass is 440 g/mol. The number of nitrogens with one attached hydrogen (secondary N) is 2. The van der Waals surface area contributed by atoms with E-state index in [0.29, 0.717) is 5.39 Å². The van der Waals surface area contributed by atoms with Crippen LogP contribution in [0.3, 0.4) is 0 Å². The number of nitrogens with zero attached hydrogens (tertiary/aromatic N) is 1. The number of benzene rings is 4. The number of hydrogen-bond acceptors (Lipinski definition) is 8. The number of aromatic hydroxyl groups is 1. The summed E-state index contributed by atoms with van der Waals surface area (Å²) in [6, 6.07) is 14.3. The third kappa shape index (κ3) is 3.63. The fourth-order valence-electron chi connectivity index (χ4n) is 3.30. The van der Waals surface area contributed by atoms with Crippen LogP contribution in [0, 0.1) is 10.1 Å². The van der Waals surface area contributed by atoms with Gasteiger partial charge >= 0.3 is 0 Å². The van der Waals surface area contributed by atoms with Gasteiger partial charge < -0.3 is 15.6 Å². The lowest BCUT2D eigenvalue weighted by Crippen LogP contribution is -2.12. The summed E-state index contributed by atoms with van der Waals surface area (Å²) in [7, 11) is -4.79. The zero-order chi connectivity index (χ0) is 22.3. The van der Waals surface area contributed by atoms with Gasteiger partial charge in [0.15, 0.2) is 0 Å². The first-order valence-corrected chi connectivity index (χ1v) is 10.2. The highest BCUT2D eigenvalue weighted by Crippen LogP contribution is 2.39. The van der Waals surface area contributed by atoms with E-state index in [2.05, 4.69) is 10.9 Å². The summed E-state index contributed by atoms with van der Waals surface area (Å²) in [6.45, 7) is 0. The maximum atomic E-state index is 12.7. The molecule has 0 aliphatic rings. The number of phenols is 1. The molecule has 0 aliphatic heterocycles. The molecule has 0 aliphatic carbocycles. The molecule has 31 heavy (non-hydrogen) atoms. The first-order valence-electron chi connectivity index (χ1n) is 8.79. The van der Waals surface area contributed by atoms with Crippen LogP contribution in [-0.4, -0.2) is 23.0 Å². The van der Waals surface area contributed by atoms with Gasteiger partial charge in [0.2, 0.25) is 0 Å². The summed E-state index contributed by atoms with van der Waals surface area (Å²) in [6.07, 6.45) is 0. The summed E-state index contributed by atoms with van der Waals surface area (Å²) >= 11 is 0. The summed E-state index contributed by atoms with van der Waals surface area (Å²) in [5.74, 6) is -0.866. The van der Waals surface area contributed by atoms with E-state index in [4.69, 9.17) is 0 Å². The lowest BCUT2D eigenvalue weighted by molar-refractivity contribution is -0.384. The summed E-state index contributed by atoms with van der Waals surface area (Å²) < 4.78 is 33.0. The minimum atomic E-state index is -4.79. The molecule has 158 valence electrons. The minimum Gasteiger partial charge on any atom is -0.871 e. The molecule has 4 aromatic rings. The van der Waals surface area contributed by atoms with Gasteiger partial charge in [-0.15, -0.1) is 0 Å². The molecule has 0 unspecified atom stereocenters. The van der Waals surface area contributed by atoms with Gasteiger partial charge in [-0.3, -0.25) is 20.1 Å². The third-order valence-corrected chi connectivity index (χ3v) is 5.65. The van der Waals surface area contributed by atoms with E-state index in [0.717, 1.165) is 23.6 Å². The zero-order valence-electron chi connectivity index (χ0n) is 15.6. The molecule has 0 saturated carbocycles. The summed E-state index contributed by atoms with van der Waals surface area (Å²) in [4.78, 5) is 9.69. The van der Waals surface area contributed by atoms with Crippen molar-refractivity contribution in [3.63, 3.8) is 0 Å².